The minimum Gasteiger partial charge on any atom is -0.467 e. The van der Waals surface area contributed by atoms with E-state index in [2.05, 4.69) is 0 Å². The lowest BCUT2D eigenvalue weighted by Crippen LogP contribution is -2.59. The van der Waals surface area contributed by atoms with Gasteiger partial charge in [0.1, 0.15) is 12.1 Å². The van der Waals surface area contributed by atoms with Crippen molar-refractivity contribution in [2.75, 3.05) is 26.9 Å². The van der Waals surface area contributed by atoms with Gasteiger partial charge in [0, 0.05) is 32.0 Å². The molecule has 0 radical (unpaired) electrons. The Balaban J connectivity index is 1.45. The van der Waals surface area contributed by atoms with Gasteiger partial charge in [0.2, 0.25) is 11.8 Å². The number of nitrogens with zero attached hydrogens (tertiary/aromatic N) is 2. The van der Waals surface area contributed by atoms with E-state index in [0.717, 1.165) is 24.8 Å². The average Bonchev–Trinajstić information content (AvgIpc) is 3.54. The van der Waals surface area contributed by atoms with Crippen LogP contribution in [0.1, 0.15) is 77.7 Å². The number of amides is 2. The average molecular weight is 623 g/mol. The fourth-order valence-corrected chi connectivity index (χ4v) is 7.20. The number of carbonyl (C=O) groups is 3. The Labute approximate surface area is 255 Å². The monoisotopic (exact) mass is 622 g/mol. The molecule has 5 atom stereocenters. The Hall–Kier alpha value is -2.54. The molecule has 43 heavy (non-hydrogen) atoms. The first kappa shape index (κ1) is 33.4. The van der Waals surface area contributed by atoms with Gasteiger partial charge >= 0.3 is 5.97 Å². The normalized spacial score (nSPS) is 25.7. The van der Waals surface area contributed by atoms with Crippen LogP contribution in [-0.4, -0.2) is 93.4 Å². The van der Waals surface area contributed by atoms with Crippen LogP contribution in [0, 0.1) is 12.3 Å². The summed E-state index contributed by atoms with van der Waals surface area (Å²) >= 11 is 0. The van der Waals surface area contributed by atoms with Crippen LogP contribution in [0.5, 0.6) is 0 Å². The van der Waals surface area contributed by atoms with E-state index in [4.69, 9.17) is 18.4 Å². The summed E-state index contributed by atoms with van der Waals surface area (Å²) in [6.45, 7) is 8.37. The number of benzene rings is 1. The highest BCUT2D eigenvalue weighted by atomic mass is 32.2. The van der Waals surface area contributed by atoms with Gasteiger partial charge in [-0.1, -0.05) is 38.5 Å². The number of likely N-dealkylation sites (tertiary alicyclic amines) is 2. The van der Waals surface area contributed by atoms with Gasteiger partial charge in [-0.05, 0) is 63.0 Å². The van der Waals surface area contributed by atoms with Crippen LogP contribution in [0.4, 0.5) is 0 Å². The molecule has 240 valence electrons. The Kier molecular flexibility index (Phi) is 10.9. The highest BCUT2D eigenvalue weighted by molar-refractivity contribution is 7.86. The molecule has 3 aliphatic heterocycles. The van der Waals surface area contributed by atoms with Crippen molar-refractivity contribution >= 4 is 27.9 Å². The maximum atomic E-state index is 14.3. The Morgan fingerprint density at radius 2 is 1.84 bits per heavy atom. The number of hydrogen-bond acceptors (Lipinski definition) is 9. The zero-order valence-corrected chi connectivity index (χ0v) is 26.8. The summed E-state index contributed by atoms with van der Waals surface area (Å²) in [6, 6.07) is 4.52. The summed E-state index contributed by atoms with van der Waals surface area (Å²) in [7, 11) is -2.60. The predicted octanol–water partition coefficient (Wildman–Crippen LogP) is 3.57. The van der Waals surface area contributed by atoms with E-state index in [9.17, 15) is 22.8 Å². The second-order valence-electron chi connectivity index (χ2n) is 12.8. The molecule has 2 unspecified atom stereocenters. The molecule has 11 nitrogen and oxygen atoms in total. The SMILES string of the molecule is COC(=O)[C@@H]1C[C@@H](OC2CCCCO2)CN1C(=O)[C@@H](N1C(=O)CCC1CCCOS(=O)(=O)c1ccc(C)cc1)C(C)(C)C. The van der Waals surface area contributed by atoms with Crippen LogP contribution in [0.25, 0.3) is 0 Å². The van der Waals surface area contributed by atoms with E-state index < -0.39 is 39.7 Å². The van der Waals surface area contributed by atoms with E-state index in [1.807, 2.05) is 27.7 Å². The first-order valence-corrected chi connectivity index (χ1v) is 16.7. The lowest BCUT2D eigenvalue weighted by atomic mass is 9.83. The zero-order valence-electron chi connectivity index (χ0n) is 26.0. The third-order valence-electron chi connectivity index (χ3n) is 8.44. The maximum Gasteiger partial charge on any atom is 0.328 e. The third-order valence-corrected chi connectivity index (χ3v) is 9.76. The third kappa shape index (κ3) is 8.14. The van der Waals surface area contributed by atoms with Gasteiger partial charge in [0.05, 0.1) is 24.7 Å². The molecule has 2 amide bonds. The molecule has 3 heterocycles. The number of carbonyl (C=O) groups excluding carboxylic acids is 3. The van der Waals surface area contributed by atoms with Crippen LogP contribution in [-0.2, 0) is 42.9 Å². The molecular weight excluding hydrogens is 576 g/mol. The van der Waals surface area contributed by atoms with Crippen molar-refractivity contribution in [1.82, 2.24) is 9.80 Å². The summed E-state index contributed by atoms with van der Waals surface area (Å²) < 4.78 is 47.4. The minimum absolute atomic E-state index is 0.0400. The number of aryl methyl sites for hydroxylation is 1. The molecule has 1 aromatic rings. The molecule has 4 rings (SSSR count). The second-order valence-corrected chi connectivity index (χ2v) is 14.4. The minimum atomic E-state index is -3.90. The van der Waals surface area contributed by atoms with Crippen LogP contribution < -0.4 is 0 Å². The van der Waals surface area contributed by atoms with E-state index in [0.29, 0.717) is 32.3 Å². The van der Waals surface area contributed by atoms with E-state index in [-0.39, 0.29) is 48.6 Å². The molecule has 3 aliphatic rings. The summed E-state index contributed by atoms with van der Waals surface area (Å²) in [5.41, 5.74) is 0.299. The van der Waals surface area contributed by atoms with Crippen molar-refractivity contribution in [3.05, 3.63) is 29.8 Å². The lowest BCUT2D eigenvalue weighted by Gasteiger charge is -2.42. The zero-order chi connectivity index (χ0) is 31.4. The fraction of sp³-hybridized carbons (Fsp3) is 0.710. The van der Waals surface area contributed by atoms with Crippen LogP contribution in [0.3, 0.4) is 0 Å². The quantitative estimate of drug-likeness (QED) is 0.207. The van der Waals surface area contributed by atoms with Crippen LogP contribution in [0.2, 0.25) is 0 Å². The molecule has 0 spiro atoms. The van der Waals surface area contributed by atoms with Crippen LogP contribution >= 0.6 is 0 Å². The van der Waals surface area contributed by atoms with Crippen molar-refractivity contribution in [3.63, 3.8) is 0 Å². The molecule has 0 aromatic heterocycles. The first-order chi connectivity index (χ1) is 20.3. The largest absolute Gasteiger partial charge is 0.467 e. The van der Waals surface area contributed by atoms with Crippen molar-refractivity contribution < 1.29 is 41.2 Å². The van der Waals surface area contributed by atoms with Gasteiger partial charge in [0.15, 0.2) is 6.29 Å². The summed E-state index contributed by atoms with van der Waals surface area (Å²) in [4.78, 5) is 43.7. The molecule has 0 aliphatic carbocycles. The fourth-order valence-electron chi connectivity index (χ4n) is 6.26. The first-order valence-electron chi connectivity index (χ1n) is 15.2. The number of esters is 1. The Morgan fingerprint density at radius 3 is 2.47 bits per heavy atom. The van der Waals surface area contributed by atoms with E-state index in [1.165, 1.54) is 24.1 Å². The summed E-state index contributed by atoms with van der Waals surface area (Å²) in [5.74, 6) is -0.978. The number of hydrogen-bond donors (Lipinski definition) is 0. The van der Waals surface area contributed by atoms with Crippen molar-refractivity contribution in [2.24, 2.45) is 5.41 Å². The smallest absolute Gasteiger partial charge is 0.328 e. The van der Waals surface area contributed by atoms with Gasteiger partial charge in [0.25, 0.3) is 10.1 Å². The topological polar surface area (TPSA) is 129 Å². The van der Waals surface area contributed by atoms with Gasteiger partial charge in [-0.3, -0.25) is 13.8 Å². The molecule has 3 fully saturated rings. The van der Waals surface area contributed by atoms with Gasteiger partial charge in [-0.2, -0.15) is 8.42 Å². The summed E-state index contributed by atoms with van der Waals surface area (Å²) in [5, 5.41) is 0. The lowest BCUT2D eigenvalue weighted by molar-refractivity contribution is -0.185. The van der Waals surface area contributed by atoms with E-state index in [1.54, 1.807) is 17.0 Å². The second kappa shape index (κ2) is 14.0. The predicted molar refractivity (Wildman–Crippen MR) is 157 cm³/mol. The molecule has 0 bridgehead atoms. The highest BCUT2D eigenvalue weighted by Gasteiger charge is 2.50. The number of rotatable bonds is 11. The highest BCUT2D eigenvalue weighted by Crippen LogP contribution is 2.36. The summed E-state index contributed by atoms with van der Waals surface area (Å²) in [6.07, 6.45) is 3.96. The standard InChI is InChI=1S/C31H46N2O9S/c1-21-11-14-24(15-12-21)43(37,38)41-18-8-9-22-13-16-26(34)33(22)28(31(2,3)4)29(35)32-20-23(19-25(32)30(36)39-5)42-27-10-6-7-17-40-27/h11-12,14-15,22-23,25,27-28H,6-10,13,16-20H2,1-5H3/t22?,23-,25+,27?,28-/m1/s1. The van der Waals surface area contributed by atoms with Gasteiger partial charge < -0.3 is 24.0 Å². The number of ether oxygens (including phenoxy) is 3. The number of methoxy groups -OCH3 is 1. The van der Waals surface area contributed by atoms with Crippen molar-refractivity contribution in [2.45, 2.75) is 114 Å². The molecule has 0 saturated carbocycles. The maximum absolute atomic E-state index is 14.3. The Morgan fingerprint density at radius 1 is 1.12 bits per heavy atom. The van der Waals surface area contributed by atoms with Crippen molar-refractivity contribution in [1.29, 1.82) is 0 Å². The molecule has 1 aromatic carbocycles. The molecule has 3 saturated heterocycles. The molecular formula is C31H46N2O9S. The van der Waals surface area contributed by atoms with Gasteiger partial charge in [-0.15, -0.1) is 0 Å². The van der Waals surface area contributed by atoms with E-state index >= 15 is 0 Å². The van der Waals surface area contributed by atoms with Crippen molar-refractivity contribution in [3.8, 4) is 0 Å². The Bertz CT molecular complexity index is 1240. The molecule has 0 N–H and O–H groups in total. The van der Waals surface area contributed by atoms with Gasteiger partial charge in [-0.25, -0.2) is 4.79 Å². The molecule has 12 heteroatoms. The van der Waals surface area contributed by atoms with Crippen LogP contribution in [0.15, 0.2) is 29.2 Å².